The van der Waals surface area contributed by atoms with Crippen LogP contribution in [0.1, 0.15) is 41.0 Å². The summed E-state index contributed by atoms with van der Waals surface area (Å²) >= 11 is 0. The third kappa shape index (κ3) is 5.89. The van der Waals surface area contributed by atoms with Gasteiger partial charge in [0, 0.05) is 14.1 Å². The van der Waals surface area contributed by atoms with Crippen LogP contribution in [0.2, 0.25) is 0 Å². The number of ether oxygens (including phenoxy) is 1. The Morgan fingerprint density at radius 3 is 2.11 bits per heavy atom. The van der Waals surface area contributed by atoms with Crippen LogP contribution in [0.5, 0.6) is 0 Å². The number of carbonyl (C=O) groups is 2. The van der Waals surface area contributed by atoms with Crippen molar-refractivity contribution in [3.05, 3.63) is 0 Å². The Labute approximate surface area is 110 Å². The third-order valence-corrected chi connectivity index (χ3v) is 2.59. The topological polar surface area (TPSA) is 58.6 Å². The highest BCUT2D eigenvalue weighted by atomic mass is 16.6. The average Bonchev–Trinajstić information content (AvgIpc) is 2.21. The quantitative estimate of drug-likeness (QED) is 0.839. The fourth-order valence-corrected chi connectivity index (χ4v) is 1.40. The van der Waals surface area contributed by atoms with Gasteiger partial charge in [0.1, 0.15) is 11.6 Å². The molecule has 0 fully saturated rings. The Balaban J connectivity index is 4.71. The van der Waals surface area contributed by atoms with Crippen molar-refractivity contribution in [1.29, 1.82) is 0 Å². The molecule has 2 atom stereocenters. The van der Waals surface area contributed by atoms with Crippen LogP contribution in [0.25, 0.3) is 0 Å². The van der Waals surface area contributed by atoms with Gasteiger partial charge in [0.25, 0.3) is 0 Å². The van der Waals surface area contributed by atoms with E-state index in [9.17, 15) is 9.59 Å². The van der Waals surface area contributed by atoms with Crippen molar-refractivity contribution < 1.29 is 14.3 Å². The highest BCUT2D eigenvalue weighted by Gasteiger charge is 2.29. The first kappa shape index (κ1) is 16.7. The summed E-state index contributed by atoms with van der Waals surface area (Å²) in [5, 5.41) is 2.65. The van der Waals surface area contributed by atoms with Crippen LogP contribution in [0.3, 0.4) is 0 Å². The SMILES string of the molecule is CCC(C)[C@H](NC(=O)OC(C)(C)C)C(=O)N(C)C. The molecular formula is C13H26N2O3. The van der Waals surface area contributed by atoms with Gasteiger partial charge in [0.2, 0.25) is 5.91 Å². The smallest absolute Gasteiger partial charge is 0.408 e. The molecule has 18 heavy (non-hydrogen) atoms. The third-order valence-electron chi connectivity index (χ3n) is 2.59. The fourth-order valence-electron chi connectivity index (χ4n) is 1.40. The molecule has 106 valence electrons. The molecule has 0 saturated heterocycles. The van der Waals surface area contributed by atoms with Gasteiger partial charge in [-0.05, 0) is 26.7 Å². The lowest BCUT2D eigenvalue weighted by atomic mass is 9.98. The van der Waals surface area contributed by atoms with Gasteiger partial charge >= 0.3 is 6.09 Å². The lowest BCUT2D eigenvalue weighted by molar-refractivity contribution is -0.132. The van der Waals surface area contributed by atoms with Crippen LogP contribution in [0.15, 0.2) is 0 Å². The van der Waals surface area contributed by atoms with E-state index in [1.54, 1.807) is 34.9 Å². The lowest BCUT2D eigenvalue weighted by Gasteiger charge is -2.28. The summed E-state index contributed by atoms with van der Waals surface area (Å²) < 4.78 is 5.17. The van der Waals surface area contributed by atoms with Crippen molar-refractivity contribution in [2.24, 2.45) is 5.92 Å². The molecule has 0 aromatic carbocycles. The molecule has 2 amide bonds. The zero-order chi connectivity index (χ0) is 14.5. The summed E-state index contributed by atoms with van der Waals surface area (Å²) in [5.74, 6) is -0.0531. The largest absolute Gasteiger partial charge is 0.444 e. The molecular weight excluding hydrogens is 232 g/mol. The molecule has 1 N–H and O–H groups in total. The van der Waals surface area contributed by atoms with Crippen LogP contribution < -0.4 is 5.32 Å². The predicted molar refractivity (Wildman–Crippen MR) is 71.3 cm³/mol. The second kappa shape index (κ2) is 6.61. The Hall–Kier alpha value is -1.26. The van der Waals surface area contributed by atoms with E-state index in [0.29, 0.717) is 0 Å². The van der Waals surface area contributed by atoms with Gasteiger partial charge < -0.3 is 15.0 Å². The summed E-state index contributed by atoms with van der Waals surface area (Å²) in [6.07, 6.45) is 0.253. The Morgan fingerprint density at radius 1 is 1.28 bits per heavy atom. The van der Waals surface area contributed by atoms with Gasteiger partial charge in [-0.1, -0.05) is 20.3 Å². The second-order valence-corrected chi connectivity index (χ2v) is 5.74. The molecule has 1 unspecified atom stereocenters. The summed E-state index contributed by atoms with van der Waals surface area (Å²) in [4.78, 5) is 25.2. The van der Waals surface area contributed by atoms with Crippen molar-refractivity contribution in [2.75, 3.05) is 14.1 Å². The molecule has 0 radical (unpaired) electrons. The van der Waals surface area contributed by atoms with Gasteiger partial charge in [0.05, 0.1) is 0 Å². The molecule has 0 aliphatic heterocycles. The first-order valence-electron chi connectivity index (χ1n) is 6.29. The Kier molecular flexibility index (Phi) is 6.15. The van der Waals surface area contributed by atoms with Crippen LogP contribution in [-0.2, 0) is 9.53 Å². The number of likely N-dealkylation sites (N-methyl/N-ethyl adjacent to an activating group) is 1. The molecule has 5 heteroatoms. The summed E-state index contributed by atoms with van der Waals surface area (Å²) in [7, 11) is 3.35. The van der Waals surface area contributed by atoms with Crippen molar-refractivity contribution in [1.82, 2.24) is 10.2 Å². The molecule has 0 aliphatic rings. The lowest BCUT2D eigenvalue weighted by Crippen LogP contribution is -2.50. The van der Waals surface area contributed by atoms with Crippen LogP contribution in [-0.4, -0.2) is 42.6 Å². The van der Waals surface area contributed by atoms with Crippen molar-refractivity contribution in [2.45, 2.75) is 52.7 Å². The number of alkyl carbamates (subject to hydrolysis) is 1. The minimum absolute atomic E-state index is 0.0624. The van der Waals surface area contributed by atoms with E-state index in [1.807, 2.05) is 13.8 Å². The minimum Gasteiger partial charge on any atom is -0.444 e. The molecule has 0 aliphatic carbocycles. The zero-order valence-corrected chi connectivity index (χ0v) is 12.5. The van der Waals surface area contributed by atoms with Gasteiger partial charge in [-0.25, -0.2) is 4.79 Å². The standard InChI is InChI=1S/C13H26N2O3/c1-8-9(2)10(11(16)15(6)7)14-12(17)18-13(3,4)5/h9-10H,8H2,1-7H3,(H,14,17)/t9?,10-/m0/s1. The first-order chi connectivity index (χ1) is 8.08. The van der Waals surface area contributed by atoms with Crippen molar-refractivity contribution in [3.8, 4) is 0 Å². The monoisotopic (exact) mass is 258 g/mol. The summed E-state index contributed by atoms with van der Waals surface area (Å²) in [6.45, 7) is 9.29. The number of carbonyl (C=O) groups excluding carboxylic acids is 2. The highest BCUT2D eigenvalue weighted by molar-refractivity contribution is 5.85. The first-order valence-corrected chi connectivity index (χ1v) is 6.29. The van der Waals surface area contributed by atoms with Crippen molar-refractivity contribution in [3.63, 3.8) is 0 Å². The van der Waals surface area contributed by atoms with Gasteiger partial charge in [0.15, 0.2) is 0 Å². The second-order valence-electron chi connectivity index (χ2n) is 5.74. The molecule has 0 aromatic heterocycles. The maximum absolute atomic E-state index is 12.0. The molecule has 0 aromatic rings. The highest BCUT2D eigenvalue weighted by Crippen LogP contribution is 2.12. The zero-order valence-electron chi connectivity index (χ0n) is 12.5. The van der Waals surface area contributed by atoms with Gasteiger partial charge in [-0.2, -0.15) is 0 Å². The van der Waals surface area contributed by atoms with Crippen molar-refractivity contribution >= 4 is 12.0 Å². The average molecular weight is 258 g/mol. The molecule has 0 heterocycles. The van der Waals surface area contributed by atoms with Crippen LogP contribution >= 0.6 is 0 Å². The maximum atomic E-state index is 12.0. The van der Waals surface area contributed by atoms with E-state index in [-0.39, 0.29) is 11.8 Å². The van der Waals surface area contributed by atoms with Gasteiger partial charge in [-0.3, -0.25) is 4.79 Å². The van der Waals surface area contributed by atoms with Gasteiger partial charge in [-0.15, -0.1) is 0 Å². The summed E-state index contributed by atoms with van der Waals surface area (Å²) in [5.41, 5.74) is -0.564. The molecule has 0 saturated carbocycles. The molecule has 5 nitrogen and oxygen atoms in total. The number of hydrogen-bond acceptors (Lipinski definition) is 3. The number of nitrogens with zero attached hydrogens (tertiary/aromatic N) is 1. The van der Waals surface area contributed by atoms with Crippen LogP contribution in [0.4, 0.5) is 4.79 Å². The van der Waals surface area contributed by atoms with E-state index in [1.165, 1.54) is 4.90 Å². The van der Waals surface area contributed by atoms with E-state index >= 15 is 0 Å². The Bertz CT molecular complexity index is 295. The van der Waals surface area contributed by atoms with E-state index in [4.69, 9.17) is 4.74 Å². The molecule has 0 rings (SSSR count). The molecule has 0 spiro atoms. The Morgan fingerprint density at radius 2 is 1.78 bits per heavy atom. The van der Waals surface area contributed by atoms with Crippen LogP contribution in [0, 0.1) is 5.92 Å². The van der Waals surface area contributed by atoms with E-state index < -0.39 is 17.7 Å². The maximum Gasteiger partial charge on any atom is 0.408 e. The van der Waals surface area contributed by atoms with E-state index in [0.717, 1.165) is 6.42 Å². The normalized spacial score (nSPS) is 14.6. The molecule has 0 bridgehead atoms. The number of amides is 2. The number of nitrogens with one attached hydrogen (secondary N) is 1. The predicted octanol–water partition coefficient (Wildman–Crippen LogP) is 2.01. The number of hydrogen-bond donors (Lipinski definition) is 1. The number of rotatable bonds is 4. The fraction of sp³-hybridized carbons (Fsp3) is 0.846. The minimum atomic E-state index is -0.564. The summed E-state index contributed by atoms with van der Waals surface area (Å²) in [6, 6.07) is -0.542. The van der Waals surface area contributed by atoms with E-state index in [2.05, 4.69) is 5.32 Å².